The number of carboxylic acids is 1. The number of carbonyl (C=O) groups is 3. The highest BCUT2D eigenvalue weighted by atomic mass is 17.2. The molecule has 0 aliphatic rings. The van der Waals surface area contributed by atoms with E-state index in [1.807, 2.05) is 0 Å². The second-order valence-corrected chi connectivity index (χ2v) is 9.15. The van der Waals surface area contributed by atoms with Crippen LogP contribution in [-0.2, 0) is 24.2 Å². The molecule has 0 aliphatic carbocycles. The van der Waals surface area contributed by atoms with Gasteiger partial charge in [-0.25, -0.2) is 24.2 Å². The van der Waals surface area contributed by atoms with Crippen molar-refractivity contribution in [1.29, 1.82) is 0 Å². The zero-order valence-corrected chi connectivity index (χ0v) is 22.3. The van der Waals surface area contributed by atoms with Gasteiger partial charge in [0, 0.05) is 5.57 Å². The predicted octanol–water partition coefficient (Wildman–Crippen LogP) is 8.48. The van der Waals surface area contributed by atoms with Crippen LogP contribution in [0.15, 0.2) is 12.2 Å². The molecule has 6 heteroatoms. The quantitative estimate of drug-likeness (QED) is 0.0760. The van der Waals surface area contributed by atoms with Gasteiger partial charge in [0.05, 0.1) is 12.8 Å². The third-order valence-corrected chi connectivity index (χ3v) is 5.56. The molecule has 0 aromatic heterocycles. The van der Waals surface area contributed by atoms with Gasteiger partial charge in [-0.15, -0.1) is 0 Å². The average Bonchev–Trinajstić information content (AvgIpc) is 2.81. The summed E-state index contributed by atoms with van der Waals surface area (Å²) in [4.78, 5) is 42.0. The Morgan fingerprint density at radius 2 is 0.794 bits per heavy atom. The van der Waals surface area contributed by atoms with Crippen LogP contribution in [0, 0.1) is 0 Å². The molecule has 34 heavy (non-hydrogen) atoms. The van der Waals surface area contributed by atoms with E-state index in [9.17, 15) is 14.4 Å². The van der Waals surface area contributed by atoms with Crippen LogP contribution in [0.3, 0.4) is 0 Å². The molecule has 0 spiro atoms. The lowest BCUT2D eigenvalue weighted by Gasteiger charge is -2.04. The lowest BCUT2D eigenvalue weighted by molar-refractivity contribution is -0.259. The maximum absolute atomic E-state index is 11.6. The van der Waals surface area contributed by atoms with Crippen LogP contribution in [0.2, 0.25) is 0 Å². The summed E-state index contributed by atoms with van der Waals surface area (Å²) in [6, 6.07) is 0. The molecular formula is C28H52O6. The van der Waals surface area contributed by atoms with Crippen molar-refractivity contribution in [3.05, 3.63) is 12.2 Å². The molecule has 0 aromatic carbocycles. The summed E-state index contributed by atoms with van der Waals surface area (Å²) in [7, 11) is 0. The van der Waals surface area contributed by atoms with Gasteiger partial charge < -0.3 is 5.11 Å². The van der Waals surface area contributed by atoms with Crippen LogP contribution < -0.4 is 0 Å². The minimum absolute atomic E-state index is 0.176. The highest BCUT2D eigenvalue weighted by molar-refractivity contribution is 5.84. The molecule has 0 atom stereocenters. The lowest BCUT2D eigenvalue weighted by atomic mass is 10.1. The first-order valence-electron chi connectivity index (χ1n) is 13.6. The molecule has 0 aromatic rings. The third-order valence-electron chi connectivity index (χ3n) is 5.56. The van der Waals surface area contributed by atoms with Gasteiger partial charge in [-0.2, -0.15) is 0 Å². The Balaban J connectivity index is 0. The molecule has 0 rings (SSSR count). The molecule has 0 saturated carbocycles. The van der Waals surface area contributed by atoms with E-state index in [0.29, 0.717) is 12.8 Å². The standard InChI is InChI=1S/C24H46O4.C4H6O2/c1-3-5-7-9-11-13-15-17-19-21-23(25)27-28-24(26)22-20-18-16-14-12-10-8-6-4-2;1-3(2)4(5)6/h3-22H2,1-2H3;1H2,2H3,(H,5,6). The van der Waals surface area contributed by atoms with E-state index in [0.717, 1.165) is 38.5 Å². The average molecular weight is 485 g/mol. The highest BCUT2D eigenvalue weighted by Gasteiger charge is 2.09. The molecule has 0 heterocycles. The Morgan fingerprint density at radius 1 is 0.559 bits per heavy atom. The zero-order chi connectivity index (χ0) is 25.9. The second kappa shape index (κ2) is 27.4. The van der Waals surface area contributed by atoms with E-state index in [1.165, 1.54) is 84.0 Å². The Morgan fingerprint density at radius 3 is 1.03 bits per heavy atom. The number of carboxylic acid groups (broad SMARTS) is 1. The Kier molecular flexibility index (Phi) is 27.7. The highest BCUT2D eigenvalue weighted by Crippen LogP contribution is 2.12. The van der Waals surface area contributed by atoms with Crippen LogP contribution in [0.4, 0.5) is 0 Å². The molecule has 6 nitrogen and oxygen atoms in total. The minimum Gasteiger partial charge on any atom is -0.478 e. The van der Waals surface area contributed by atoms with Crippen LogP contribution in [0.25, 0.3) is 0 Å². The molecule has 200 valence electrons. The number of hydrogen-bond acceptors (Lipinski definition) is 5. The SMILES string of the molecule is C=C(C)C(=O)O.CCCCCCCCCCCC(=O)OOC(=O)CCCCCCCCCCC. The van der Waals surface area contributed by atoms with Gasteiger partial charge in [-0.3, -0.25) is 0 Å². The monoisotopic (exact) mass is 484 g/mol. The number of carbonyl (C=O) groups excluding carboxylic acids is 2. The van der Waals surface area contributed by atoms with Crippen molar-refractivity contribution < 1.29 is 29.3 Å². The maximum Gasteiger partial charge on any atom is 0.355 e. The molecule has 0 fully saturated rings. The van der Waals surface area contributed by atoms with E-state index in [-0.39, 0.29) is 5.57 Å². The predicted molar refractivity (Wildman–Crippen MR) is 138 cm³/mol. The molecule has 0 aliphatic heterocycles. The minimum atomic E-state index is -0.935. The van der Waals surface area contributed by atoms with Crippen molar-refractivity contribution in [1.82, 2.24) is 0 Å². The van der Waals surface area contributed by atoms with Gasteiger partial charge >= 0.3 is 17.9 Å². The summed E-state index contributed by atoms with van der Waals surface area (Å²) < 4.78 is 0. The van der Waals surface area contributed by atoms with Gasteiger partial charge in [0.1, 0.15) is 0 Å². The number of hydrogen-bond donors (Lipinski definition) is 1. The van der Waals surface area contributed by atoms with Crippen molar-refractivity contribution in [2.24, 2.45) is 0 Å². The second-order valence-electron chi connectivity index (χ2n) is 9.15. The smallest absolute Gasteiger partial charge is 0.355 e. The number of aliphatic carboxylic acids is 1. The van der Waals surface area contributed by atoms with E-state index in [2.05, 4.69) is 30.2 Å². The Bertz CT molecular complexity index is 469. The fraction of sp³-hybridized carbons (Fsp3) is 0.821. The van der Waals surface area contributed by atoms with Crippen LogP contribution in [0.5, 0.6) is 0 Å². The van der Waals surface area contributed by atoms with Crippen LogP contribution in [-0.4, -0.2) is 23.0 Å². The normalized spacial score (nSPS) is 10.2. The van der Waals surface area contributed by atoms with Gasteiger partial charge in [-0.1, -0.05) is 123 Å². The van der Waals surface area contributed by atoms with Crippen LogP contribution in [0.1, 0.15) is 149 Å². The van der Waals surface area contributed by atoms with E-state index in [4.69, 9.17) is 5.11 Å². The van der Waals surface area contributed by atoms with Crippen molar-refractivity contribution in [2.45, 2.75) is 149 Å². The fourth-order valence-electron chi connectivity index (χ4n) is 3.34. The summed E-state index contributed by atoms with van der Waals surface area (Å²) in [5.74, 6) is -1.79. The van der Waals surface area contributed by atoms with E-state index < -0.39 is 17.9 Å². The summed E-state index contributed by atoms with van der Waals surface area (Å²) in [5.41, 5.74) is 0.176. The molecule has 1 N–H and O–H groups in total. The molecule has 0 amide bonds. The van der Waals surface area contributed by atoms with Crippen molar-refractivity contribution in [3.8, 4) is 0 Å². The van der Waals surface area contributed by atoms with Crippen LogP contribution >= 0.6 is 0 Å². The first-order chi connectivity index (χ1) is 16.3. The lowest BCUT2D eigenvalue weighted by Crippen LogP contribution is -2.11. The van der Waals surface area contributed by atoms with Gasteiger partial charge in [0.2, 0.25) is 0 Å². The topological polar surface area (TPSA) is 89.9 Å². The number of rotatable bonds is 21. The Hall–Kier alpha value is -1.85. The van der Waals surface area contributed by atoms with Crippen molar-refractivity contribution >= 4 is 17.9 Å². The molecule has 0 unspecified atom stereocenters. The number of unbranched alkanes of at least 4 members (excludes halogenated alkanes) is 16. The molecule has 0 radical (unpaired) electrons. The molecular weight excluding hydrogens is 432 g/mol. The summed E-state index contributed by atoms with van der Waals surface area (Å²) in [5, 5.41) is 7.89. The summed E-state index contributed by atoms with van der Waals surface area (Å²) in [6.45, 7) is 9.06. The largest absolute Gasteiger partial charge is 0.478 e. The van der Waals surface area contributed by atoms with Gasteiger partial charge in [-0.05, 0) is 19.8 Å². The fourth-order valence-corrected chi connectivity index (χ4v) is 3.34. The Labute approximate surface area is 208 Å². The van der Waals surface area contributed by atoms with Gasteiger partial charge in [0.15, 0.2) is 0 Å². The van der Waals surface area contributed by atoms with Gasteiger partial charge in [0.25, 0.3) is 0 Å². The summed E-state index contributed by atoms with van der Waals surface area (Å²) in [6.07, 6.45) is 22.3. The molecule has 0 bridgehead atoms. The summed E-state index contributed by atoms with van der Waals surface area (Å²) >= 11 is 0. The van der Waals surface area contributed by atoms with E-state index >= 15 is 0 Å². The van der Waals surface area contributed by atoms with Crippen molar-refractivity contribution in [2.75, 3.05) is 0 Å². The first-order valence-corrected chi connectivity index (χ1v) is 13.6. The maximum atomic E-state index is 11.6. The third kappa shape index (κ3) is 30.1. The zero-order valence-electron chi connectivity index (χ0n) is 22.3. The molecule has 0 saturated heterocycles. The van der Waals surface area contributed by atoms with E-state index in [1.54, 1.807) is 0 Å². The van der Waals surface area contributed by atoms with Crippen molar-refractivity contribution in [3.63, 3.8) is 0 Å². The first kappa shape index (κ1) is 34.3.